The van der Waals surface area contributed by atoms with Crippen LogP contribution in [-0.2, 0) is 10.0 Å². The van der Waals surface area contributed by atoms with Crippen molar-refractivity contribution in [2.24, 2.45) is 0 Å². The van der Waals surface area contributed by atoms with Crippen LogP contribution in [0.1, 0.15) is 0 Å². The van der Waals surface area contributed by atoms with Crippen molar-refractivity contribution >= 4 is 10.0 Å². The van der Waals surface area contributed by atoms with Crippen LogP contribution >= 0.6 is 0 Å². The van der Waals surface area contributed by atoms with Crippen LogP contribution in [0.4, 0.5) is 39.5 Å². The second-order valence-electron chi connectivity index (χ2n) is 3.71. The molecular weight excluding hydrogens is 349 g/mol. The first kappa shape index (κ1) is 20.2. The maximum Gasteiger partial charge on any atom is 0.460 e. The standard InChI is InChI=1S/C7H8F9NO3S/c1-17(2-3-18)21(19,20)7(15,16)5(10,11)4(8,9)6(12,13)14/h18H,2-3H2,1H3. The molecule has 0 aliphatic rings. The topological polar surface area (TPSA) is 57.6 Å². The second-order valence-corrected chi connectivity index (χ2v) is 5.80. The first-order valence-electron chi connectivity index (χ1n) is 4.75. The number of sulfonamides is 1. The number of likely N-dealkylation sites (N-methyl/N-ethyl adjacent to an activating group) is 1. The summed E-state index contributed by atoms with van der Waals surface area (Å²) in [5.41, 5.74) is 0. The summed E-state index contributed by atoms with van der Waals surface area (Å²) >= 11 is 0. The molecule has 0 heterocycles. The molecule has 14 heteroatoms. The quantitative estimate of drug-likeness (QED) is 0.736. The summed E-state index contributed by atoms with van der Waals surface area (Å²) in [5.74, 6) is -14.6. The van der Waals surface area contributed by atoms with Crippen LogP contribution in [0.5, 0.6) is 0 Å². The Labute approximate surface area is 112 Å². The van der Waals surface area contributed by atoms with Crippen molar-refractivity contribution in [2.75, 3.05) is 20.2 Å². The van der Waals surface area contributed by atoms with Gasteiger partial charge in [0.05, 0.1) is 6.61 Å². The molecule has 0 aliphatic heterocycles. The number of halogens is 9. The van der Waals surface area contributed by atoms with Crippen LogP contribution in [0.15, 0.2) is 0 Å². The number of hydrogen-bond donors (Lipinski definition) is 1. The predicted octanol–water partition coefficient (Wildman–Crippen LogP) is 1.67. The van der Waals surface area contributed by atoms with E-state index in [1.54, 1.807) is 0 Å². The zero-order chi connectivity index (χ0) is 17.5. The van der Waals surface area contributed by atoms with E-state index in [1.165, 1.54) is 0 Å². The Hall–Kier alpha value is -0.760. The fourth-order valence-corrected chi connectivity index (χ4v) is 2.15. The first-order valence-corrected chi connectivity index (χ1v) is 6.19. The highest BCUT2D eigenvalue weighted by Crippen LogP contribution is 2.55. The van der Waals surface area contributed by atoms with E-state index in [9.17, 15) is 47.9 Å². The molecule has 128 valence electrons. The summed E-state index contributed by atoms with van der Waals surface area (Å²) in [6.45, 7) is -2.38. The van der Waals surface area contributed by atoms with Crippen molar-refractivity contribution in [3.05, 3.63) is 0 Å². The highest BCUT2D eigenvalue weighted by Gasteiger charge is 2.85. The van der Waals surface area contributed by atoms with Gasteiger partial charge in [0.1, 0.15) is 0 Å². The lowest BCUT2D eigenvalue weighted by atomic mass is 10.1. The zero-order valence-corrected chi connectivity index (χ0v) is 10.8. The number of alkyl halides is 9. The fraction of sp³-hybridized carbons (Fsp3) is 1.00. The van der Waals surface area contributed by atoms with Gasteiger partial charge in [0.25, 0.3) is 10.0 Å². The minimum atomic E-state index is -7.30. The van der Waals surface area contributed by atoms with Gasteiger partial charge in [0.15, 0.2) is 0 Å². The monoisotopic (exact) mass is 357 g/mol. The molecule has 0 amide bonds. The summed E-state index contributed by atoms with van der Waals surface area (Å²) in [7, 11) is -6.40. The molecule has 0 saturated heterocycles. The van der Waals surface area contributed by atoms with E-state index in [-0.39, 0.29) is 7.05 Å². The van der Waals surface area contributed by atoms with E-state index in [0.29, 0.717) is 0 Å². The van der Waals surface area contributed by atoms with Crippen LogP contribution in [0.2, 0.25) is 0 Å². The van der Waals surface area contributed by atoms with Gasteiger partial charge in [-0.3, -0.25) is 0 Å². The fourth-order valence-electron chi connectivity index (χ4n) is 0.979. The van der Waals surface area contributed by atoms with Crippen molar-refractivity contribution in [3.8, 4) is 0 Å². The molecule has 0 aromatic heterocycles. The van der Waals surface area contributed by atoms with Gasteiger partial charge in [-0.2, -0.15) is 43.8 Å². The van der Waals surface area contributed by atoms with E-state index in [0.717, 1.165) is 0 Å². The Morgan fingerprint density at radius 3 is 1.57 bits per heavy atom. The lowest BCUT2D eigenvalue weighted by Crippen LogP contribution is -2.65. The maximum absolute atomic E-state index is 13.1. The second kappa shape index (κ2) is 5.46. The smallest absolute Gasteiger partial charge is 0.395 e. The zero-order valence-electron chi connectivity index (χ0n) is 9.94. The third-order valence-electron chi connectivity index (χ3n) is 2.27. The van der Waals surface area contributed by atoms with Crippen LogP contribution in [0.25, 0.3) is 0 Å². The van der Waals surface area contributed by atoms with E-state index < -0.39 is 50.8 Å². The molecule has 21 heavy (non-hydrogen) atoms. The predicted molar refractivity (Wildman–Crippen MR) is 49.5 cm³/mol. The van der Waals surface area contributed by atoms with Crippen molar-refractivity contribution in [1.82, 2.24) is 4.31 Å². The summed E-state index contributed by atoms with van der Waals surface area (Å²) in [5, 5.41) is 1.53. The number of aliphatic hydroxyl groups is 1. The van der Waals surface area contributed by atoms with Crippen LogP contribution in [-0.4, -0.2) is 61.3 Å². The highest BCUT2D eigenvalue weighted by molar-refractivity contribution is 7.90. The number of rotatable bonds is 6. The van der Waals surface area contributed by atoms with Gasteiger partial charge >= 0.3 is 23.3 Å². The van der Waals surface area contributed by atoms with Crippen molar-refractivity contribution in [3.63, 3.8) is 0 Å². The van der Waals surface area contributed by atoms with E-state index in [4.69, 9.17) is 5.11 Å². The molecule has 0 fully saturated rings. The van der Waals surface area contributed by atoms with Gasteiger partial charge in [-0.15, -0.1) is 0 Å². The Balaban J connectivity index is 6.02. The molecule has 1 N–H and O–H groups in total. The Bertz CT molecular complexity index is 472. The van der Waals surface area contributed by atoms with Gasteiger partial charge in [0, 0.05) is 13.6 Å². The van der Waals surface area contributed by atoms with Gasteiger partial charge < -0.3 is 5.11 Å². The molecule has 0 atom stereocenters. The van der Waals surface area contributed by atoms with Crippen LogP contribution < -0.4 is 0 Å². The lowest BCUT2D eigenvalue weighted by Gasteiger charge is -2.34. The average molecular weight is 357 g/mol. The van der Waals surface area contributed by atoms with Gasteiger partial charge in [-0.05, 0) is 0 Å². The molecule has 0 unspecified atom stereocenters. The molecule has 0 bridgehead atoms. The van der Waals surface area contributed by atoms with Crippen molar-refractivity contribution < 1.29 is 53.0 Å². The molecule has 0 saturated carbocycles. The Morgan fingerprint density at radius 1 is 0.905 bits per heavy atom. The Morgan fingerprint density at radius 2 is 1.29 bits per heavy atom. The average Bonchev–Trinajstić information content (AvgIpc) is 2.26. The summed E-state index contributed by atoms with van der Waals surface area (Å²) < 4.78 is 134. The lowest BCUT2D eigenvalue weighted by molar-refractivity contribution is -0.382. The largest absolute Gasteiger partial charge is 0.460 e. The van der Waals surface area contributed by atoms with Crippen LogP contribution in [0, 0.1) is 0 Å². The van der Waals surface area contributed by atoms with E-state index >= 15 is 0 Å². The molecule has 0 aromatic rings. The molecule has 0 aliphatic carbocycles. The molecule has 0 rings (SSSR count). The summed E-state index contributed by atoms with van der Waals surface area (Å²) in [6.07, 6.45) is -7.11. The number of aliphatic hydroxyl groups excluding tert-OH is 1. The van der Waals surface area contributed by atoms with Gasteiger partial charge in [-0.25, -0.2) is 8.42 Å². The van der Waals surface area contributed by atoms with Gasteiger partial charge in [-0.1, -0.05) is 0 Å². The van der Waals surface area contributed by atoms with E-state index in [1.807, 2.05) is 0 Å². The third-order valence-corrected chi connectivity index (χ3v) is 4.17. The van der Waals surface area contributed by atoms with Gasteiger partial charge in [0.2, 0.25) is 0 Å². The number of hydrogen-bond acceptors (Lipinski definition) is 3. The molecule has 0 spiro atoms. The third kappa shape index (κ3) is 2.92. The minimum absolute atomic E-state index is 0.196. The molecule has 0 radical (unpaired) electrons. The first-order chi connectivity index (χ1) is 8.98. The molecule has 0 aromatic carbocycles. The minimum Gasteiger partial charge on any atom is -0.395 e. The molecule has 4 nitrogen and oxygen atoms in total. The highest BCUT2D eigenvalue weighted by atomic mass is 32.2. The van der Waals surface area contributed by atoms with Crippen molar-refractivity contribution in [2.45, 2.75) is 23.3 Å². The summed E-state index contributed by atoms with van der Waals surface area (Å²) in [6, 6.07) is 0. The van der Waals surface area contributed by atoms with E-state index in [2.05, 4.69) is 0 Å². The van der Waals surface area contributed by atoms with Crippen molar-refractivity contribution in [1.29, 1.82) is 0 Å². The Kier molecular flexibility index (Phi) is 5.26. The summed E-state index contributed by atoms with van der Waals surface area (Å²) in [4.78, 5) is 0. The number of nitrogens with zero attached hydrogens (tertiary/aromatic N) is 1. The normalized spacial score (nSPS) is 15.6. The SMILES string of the molecule is CN(CCO)S(=O)(=O)C(F)(F)C(F)(F)C(F)(F)C(F)(F)F. The maximum atomic E-state index is 13.1. The van der Waals surface area contributed by atoms with Crippen LogP contribution in [0.3, 0.4) is 0 Å². The molecular formula is C7H8F9NO3S.